The number of hydrogen-bond donors (Lipinski definition) is 3. The molecule has 3 N–H and O–H groups in total. The van der Waals surface area contributed by atoms with Crippen molar-refractivity contribution in [3.8, 4) is 16.9 Å². The van der Waals surface area contributed by atoms with Crippen LogP contribution in [0.2, 0.25) is 0 Å². The topological polar surface area (TPSA) is 166 Å². The van der Waals surface area contributed by atoms with Crippen molar-refractivity contribution >= 4 is 29.6 Å². The van der Waals surface area contributed by atoms with Gasteiger partial charge >= 0.3 is 17.9 Å². The molecule has 0 aliphatic carbocycles. The number of carboxylic acid groups (broad SMARTS) is 1. The van der Waals surface area contributed by atoms with E-state index in [-0.39, 0.29) is 12.2 Å². The number of carboxylic acids is 1. The average Bonchev–Trinajstić information content (AvgIpc) is 3.12. The largest absolute Gasteiger partial charge is 0.497 e. The van der Waals surface area contributed by atoms with E-state index in [9.17, 15) is 34.2 Å². The Hall–Kier alpha value is -4.51. The second kappa shape index (κ2) is 23.7. The normalized spacial score (nSPS) is 14.0. The molecule has 0 heterocycles. The van der Waals surface area contributed by atoms with E-state index >= 15 is 0 Å². The number of hydrogen-bond acceptors (Lipinski definition) is 9. The molecule has 57 heavy (non-hydrogen) atoms. The Bertz CT molecular complexity index is 1620. The Morgan fingerprint density at radius 1 is 0.772 bits per heavy atom. The summed E-state index contributed by atoms with van der Waals surface area (Å²) < 4.78 is 16.5. The van der Waals surface area contributed by atoms with Gasteiger partial charge in [-0.05, 0) is 96.0 Å². The monoisotopic (exact) mass is 793 g/mol. The van der Waals surface area contributed by atoms with Crippen molar-refractivity contribution in [2.75, 3.05) is 7.11 Å². The number of unbranched alkanes of at least 4 members (excludes halogenated alkanes) is 8. The first-order valence-electron chi connectivity index (χ1n) is 20.4. The number of carbonyl (C=O) groups is 5. The van der Waals surface area contributed by atoms with Gasteiger partial charge in [0.1, 0.15) is 28.8 Å². The molecular formula is C46H67NO10. The maximum atomic E-state index is 14.2. The van der Waals surface area contributed by atoms with E-state index < -0.39 is 59.0 Å². The van der Waals surface area contributed by atoms with Crippen LogP contribution in [0.15, 0.2) is 60.7 Å². The number of aliphatic hydroxyl groups is 1. The molecule has 2 aromatic carbocycles. The number of carbonyl (C=O) groups excluding carboxylic acids is 4. The minimum atomic E-state index is -2.81. The molecule has 0 aliphatic heterocycles. The molecule has 0 saturated heterocycles. The quantitative estimate of drug-likeness (QED) is 0.0503. The molecule has 1 amide bonds. The summed E-state index contributed by atoms with van der Waals surface area (Å²) in [5.74, 6) is -5.24. The highest BCUT2D eigenvalue weighted by Gasteiger charge is 2.51. The summed E-state index contributed by atoms with van der Waals surface area (Å²) in [6.07, 6.45) is 12.2. The van der Waals surface area contributed by atoms with Crippen LogP contribution in [0, 0.1) is 5.92 Å². The van der Waals surface area contributed by atoms with Crippen molar-refractivity contribution in [1.29, 1.82) is 0 Å². The zero-order chi connectivity index (χ0) is 42.6. The molecule has 2 rings (SSSR count). The summed E-state index contributed by atoms with van der Waals surface area (Å²) >= 11 is 0. The molecule has 2 aromatic rings. The number of nitrogens with one attached hydrogen (secondary N) is 1. The number of benzene rings is 2. The average molecular weight is 794 g/mol. The van der Waals surface area contributed by atoms with Gasteiger partial charge in [-0.3, -0.25) is 14.4 Å². The molecule has 0 aliphatic rings. The Morgan fingerprint density at radius 3 is 1.93 bits per heavy atom. The summed E-state index contributed by atoms with van der Waals surface area (Å²) in [5, 5.41) is 24.4. The Balaban J connectivity index is 2.31. The smallest absolute Gasteiger partial charge is 0.340 e. The van der Waals surface area contributed by atoms with E-state index in [1.54, 1.807) is 54.7 Å². The van der Waals surface area contributed by atoms with Crippen molar-refractivity contribution < 1.29 is 48.4 Å². The highest BCUT2D eigenvalue weighted by Crippen LogP contribution is 2.30. The van der Waals surface area contributed by atoms with Crippen molar-refractivity contribution in [2.24, 2.45) is 5.92 Å². The van der Waals surface area contributed by atoms with Crippen LogP contribution in [0.25, 0.3) is 11.1 Å². The lowest BCUT2D eigenvalue weighted by molar-refractivity contribution is -0.187. The number of allylic oxidation sites excluding steroid dienone is 1. The second-order valence-corrected chi connectivity index (χ2v) is 16.8. The van der Waals surface area contributed by atoms with Crippen LogP contribution in [-0.4, -0.2) is 69.8 Å². The van der Waals surface area contributed by atoms with E-state index in [1.165, 1.54) is 18.9 Å². The molecule has 316 valence electrons. The number of aliphatic carboxylic acids is 1. The molecule has 0 unspecified atom stereocenters. The number of Topliss-reactive ketones (excluding diaryl/α,β-unsaturated/α-hetero) is 1. The molecule has 11 nitrogen and oxygen atoms in total. The van der Waals surface area contributed by atoms with Gasteiger partial charge in [-0.25, -0.2) is 9.59 Å². The van der Waals surface area contributed by atoms with Crippen LogP contribution in [-0.2, 0) is 39.9 Å². The highest BCUT2D eigenvalue weighted by molar-refractivity contribution is 5.95. The van der Waals surface area contributed by atoms with Gasteiger partial charge in [0.2, 0.25) is 5.91 Å². The number of ether oxygens (including phenoxy) is 3. The van der Waals surface area contributed by atoms with Crippen molar-refractivity contribution in [3.63, 3.8) is 0 Å². The molecular weight excluding hydrogens is 727 g/mol. The summed E-state index contributed by atoms with van der Waals surface area (Å²) in [6, 6.07) is 13.7. The second-order valence-electron chi connectivity index (χ2n) is 16.8. The predicted molar refractivity (Wildman–Crippen MR) is 222 cm³/mol. The number of esters is 2. The van der Waals surface area contributed by atoms with Gasteiger partial charge in [0.05, 0.1) is 19.4 Å². The first-order chi connectivity index (χ1) is 26.8. The molecule has 0 saturated carbocycles. The lowest BCUT2D eigenvalue weighted by Gasteiger charge is -2.34. The molecule has 3 atom stereocenters. The maximum absolute atomic E-state index is 14.2. The fraction of sp³-hybridized carbons (Fsp3) is 0.587. The summed E-state index contributed by atoms with van der Waals surface area (Å²) in [5.41, 5.74) is -2.32. The number of amides is 1. The van der Waals surface area contributed by atoms with Gasteiger partial charge in [-0.15, -0.1) is 0 Å². The highest BCUT2D eigenvalue weighted by atomic mass is 16.6. The Kier molecular flexibility index (Phi) is 20.2. The van der Waals surface area contributed by atoms with E-state index in [0.29, 0.717) is 37.0 Å². The molecule has 11 heteroatoms. The van der Waals surface area contributed by atoms with Gasteiger partial charge in [0.15, 0.2) is 5.60 Å². The van der Waals surface area contributed by atoms with Gasteiger partial charge in [0.25, 0.3) is 0 Å². The van der Waals surface area contributed by atoms with Crippen LogP contribution in [0.5, 0.6) is 5.75 Å². The van der Waals surface area contributed by atoms with Gasteiger partial charge < -0.3 is 29.7 Å². The number of ketones is 1. The first-order valence-corrected chi connectivity index (χ1v) is 20.4. The van der Waals surface area contributed by atoms with Crippen molar-refractivity contribution in [1.82, 2.24) is 5.32 Å². The van der Waals surface area contributed by atoms with Crippen LogP contribution >= 0.6 is 0 Å². The van der Waals surface area contributed by atoms with E-state index in [1.807, 2.05) is 48.5 Å². The molecule has 0 radical (unpaired) electrons. The molecule has 0 bridgehead atoms. The minimum Gasteiger partial charge on any atom is -0.497 e. The van der Waals surface area contributed by atoms with Crippen LogP contribution in [0.1, 0.15) is 138 Å². The zero-order valence-corrected chi connectivity index (χ0v) is 35.5. The van der Waals surface area contributed by atoms with Crippen molar-refractivity contribution in [3.05, 3.63) is 66.2 Å². The minimum absolute atomic E-state index is 0.000630. The van der Waals surface area contributed by atoms with Crippen LogP contribution < -0.4 is 10.1 Å². The van der Waals surface area contributed by atoms with E-state index in [0.717, 1.165) is 49.7 Å². The van der Waals surface area contributed by atoms with Crippen molar-refractivity contribution in [2.45, 2.75) is 161 Å². The van der Waals surface area contributed by atoms with Gasteiger partial charge in [0, 0.05) is 19.3 Å². The van der Waals surface area contributed by atoms with E-state index in [4.69, 9.17) is 14.2 Å². The SMILES string of the molecule is CCCCCCCC(=O)CCCCCC/C=C/[C@H](C(=O)N[C@@H](Cc1ccc(-c2cccc(OC)c2)cc1)C(=O)OC(C)(C)C)[C@@](O)(CC(=O)O)C(=O)OC(C)(C)C. The number of rotatable bonds is 25. The Labute approximate surface area is 339 Å². The van der Waals surface area contributed by atoms with Crippen LogP contribution in [0.3, 0.4) is 0 Å². The zero-order valence-electron chi connectivity index (χ0n) is 35.5. The third-order valence-electron chi connectivity index (χ3n) is 9.24. The maximum Gasteiger partial charge on any atom is 0.340 e. The Morgan fingerprint density at radius 2 is 1.37 bits per heavy atom. The molecule has 0 spiro atoms. The summed E-state index contributed by atoms with van der Waals surface area (Å²) in [6.45, 7) is 11.9. The summed E-state index contributed by atoms with van der Waals surface area (Å²) in [7, 11) is 1.59. The lowest BCUT2D eigenvalue weighted by atomic mass is 9.82. The fourth-order valence-electron chi connectivity index (χ4n) is 6.29. The fourth-order valence-corrected chi connectivity index (χ4v) is 6.29. The summed E-state index contributed by atoms with van der Waals surface area (Å²) in [4.78, 5) is 65.7. The lowest BCUT2D eigenvalue weighted by Crippen LogP contribution is -2.57. The standard InChI is InChI=1S/C46H67NO10/c1-9-10-11-14-17-22-36(48)23-18-15-12-13-16-19-25-38(46(54,32-40(49)50)43(53)57-45(5,6)7)41(51)47-39(42(52)56-44(2,3)4)30-33-26-28-34(29-27-33)35-21-20-24-37(31-35)55-8/h19-21,24-29,31,38-39,54H,9-18,22-23,30,32H2,1-8H3,(H,47,51)(H,49,50)/b25-19+/t38-,39+,46+/m1/s1. The predicted octanol–water partition coefficient (Wildman–Crippen LogP) is 8.72. The van der Waals surface area contributed by atoms with Gasteiger partial charge in [-0.2, -0.15) is 0 Å². The van der Waals surface area contributed by atoms with Gasteiger partial charge in [-0.1, -0.05) is 94.0 Å². The first kappa shape index (κ1) is 48.6. The van der Waals surface area contributed by atoms with Crippen LogP contribution in [0.4, 0.5) is 0 Å². The molecule has 0 aromatic heterocycles. The third-order valence-corrected chi connectivity index (χ3v) is 9.24. The molecule has 0 fully saturated rings. The third kappa shape index (κ3) is 18.5. The van der Waals surface area contributed by atoms with E-state index in [2.05, 4.69) is 12.2 Å². The number of methoxy groups -OCH3 is 1.